The van der Waals surface area contributed by atoms with Crippen LogP contribution < -0.4 is 5.73 Å². The lowest BCUT2D eigenvalue weighted by Gasteiger charge is -2.17. The zero-order valence-corrected chi connectivity index (χ0v) is 11.2. The molecule has 0 aliphatic rings. The van der Waals surface area contributed by atoms with Gasteiger partial charge < -0.3 is 10.7 Å². The van der Waals surface area contributed by atoms with Crippen molar-refractivity contribution in [3.8, 4) is 0 Å². The Morgan fingerprint density at radius 2 is 2.00 bits per heavy atom. The molecule has 3 nitrogen and oxygen atoms in total. The minimum absolute atomic E-state index is 0.127. The molecule has 0 aliphatic carbocycles. The van der Waals surface area contributed by atoms with Crippen molar-refractivity contribution in [3.05, 3.63) is 17.7 Å². The summed E-state index contributed by atoms with van der Waals surface area (Å²) in [5.41, 5.74) is 7.12. The number of hydrogen-bond donors (Lipinski definition) is 2. The molecule has 0 bridgehead atoms. The molecule has 1 aromatic heterocycles. The van der Waals surface area contributed by atoms with Gasteiger partial charge in [0.1, 0.15) is 5.82 Å². The summed E-state index contributed by atoms with van der Waals surface area (Å²) < 4.78 is 0. The largest absolute Gasteiger partial charge is 0.345 e. The van der Waals surface area contributed by atoms with Crippen LogP contribution >= 0.6 is 0 Å². The zero-order valence-electron chi connectivity index (χ0n) is 11.2. The van der Waals surface area contributed by atoms with Gasteiger partial charge in [-0.05, 0) is 12.3 Å². The van der Waals surface area contributed by atoms with E-state index in [1.165, 1.54) is 5.69 Å². The van der Waals surface area contributed by atoms with E-state index in [1.54, 1.807) is 0 Å². The number of imidazole rings is 1. The molecule has 0 radical (unpaired) electrons. The summed E-state index contributed by atoms with van der Waals surface area (Å²) in [7, 11) is 0. The third-order valence-corrected chi connectivity index (χ3v) is 2.83. The zero-order chi connectivity index (χ0) is 12.3. The Balaban J connectivity index is 2.83. The van der Waals surface area contributed by atoms with Crippen LogP contribution in [0.15, 0.2) is 6.20 Å². The van der Waals surface area contributed by atoms with Gasteiger partial charge in [-0.2, -0.15) is 0 Å². The van der Waals surface area contributed by atoms with Gasteiger partial charge in [0.05, 0.1) is 0 Å². The van der Waals surface area contributed by atoms with Crippen molar-refractivity contribution in [2.24, 2.45) is 11.7 Å². The quantitative estimate of drug-likeness (QED) is 0.824. The van der Waals surface area contributed by atoms with Gasteiger partial charge in [-0.1, -0.05) is 34.6 Å². The molecule has 0 saturated carbocycles. The molecule has 3 heteroatoms. The van der Waals surface area contributed by atoms with Gasteiger partial charge in [0.2, 0.25) is 0 Å². The molecule has 3 N–H and O–H groups in total. The van der Waals surface area contributed by atoms with Crippen LogP contribution in [0.3, 0.4) is 0 Å². The molecular formula is C13H25N3. The molecule has 92 valence electrons. The summed E-state index contributed by atoms with van der Waals surface area (Å²) >= 11 is 0. The smallest absolute Gasteiger partial charge is 0.110 e. The molecule has 0 saturated heterocycles. The molecule has 16 heavy (non-hydrogen) atoms. The lowest BCUT2D eigenvalue weighted by Crippen LogP contribution is -2.17. The highest BCUT2D eigenvalue weighted by Gasteiger charge is 2.20. The summed E-state index contributed by atoms with van der Waals surface area (Å²) in [5.74, 6) is 2.05. The Bertz CT molecular complexity index is 320. The van der Waals surface area contributed by atoms with E-state index in [4.69, 9.17) is 5.73 Å². The molecular weight excluding hydrogens is 198 g/mol. The molecule has 0 aromatic carbocycles. The first kappa shape index (κ1) is 13.2. The molecule has 1 unspecified atom stereocenters. The number of rotatable bonds is 4. The monoisotopic (exact) mass is 223 g/mol. The predicted molar refractivity (Wildman–Crippen MR) is 68.5 cm³/mol. The van der Waals surface area contributed by atoms with E-state index in [0.29, 0.717) is 18.4 Å². The van der Waals surface area contributed by atoms with Gasteiger partial charge in [-0.15, -0.1) is 0 Å². The van der Waals surface area contributed by atoms with Crippen LogP contribution in [0.4, 0.5) is 0 Å². The van der Waals surface area contributed by atoms with E-state index in [-0.39, 0.29) is 5.41 Å². The number of hydrogen-bond acceptors (Lipinski definition) is 2. The number of nitrogens with one attached hydrogen (secondary N) is 1. The van der Waals surface area contributed by atoms with Crippen LogP contribution in [-0.2, 0) is 5.41 Å². The van der Waals surface area contributed by atoms with E-state index < -0.39 is 0 Å². The maximum Gasteiger partial charge on any atom is 0.110 e. The summed E-state index contributed by atoms with van der Waals surface area (Å²) in [6.07, 6.45) is 3.03. The average molecular weight is 223 g/mol. The Hall–Kier alpha value is -0.830. The molecule has 1 heterocycles. The second-order valence-electron chi connectivity index (χ2n) is 5.99. The first-order valence-electron chi connectivity index (χ1n) is 6.10. The maximum atomic E-state index is 5.81. The fraction of sp³-hybridized carbons (Fsp3) is 0.769. The van der Waals surface area contributed by atoms with Gasteiger partial charge in [0.25, 0.3) is 0 Å². The number of nitrogens with two attached hydrogens (primary N) is 1. The van der Waals surface area contributed by atoms with Gasteiger partial charge >= 0.3 is 0 Å². The Kier molecular flexibility index (Phi) is 4.14. The van der Waals surface area contributed by atoms with Crippen molar-refractivity contribution in [1.29, 1.82) is 0 Å². The Labute approximate surface area is 98.8 Å². The molecule has 0 fully saturated rings. The number of H-pyrrole nitrogens is 1. The summed E-state index contributed by atoms with van der Waals surface area (Å²) in [5, 5.41) is 0. The van der Waals surface area contributed by atoms with Crippen molar-refractivity contribution in [2.45, 2.75) is 52.4 Å². The van der Waals surface area contributed by atoms with Gasteiger partial charge in [0, 0.05) is 29.8 Å². The fourth-order valence-corrected chi connectivity index (χ4v) is 1.81. The van der Waals surface area contributed by atoms with Gasteiger partial charge in [0.15, 0.2) is 0 Å². The second kappa shape index (κ2) is 5.00. The highest BCUT2D eigenvalue weighted by molar-refractivity contribution is 5.13. The highest BCUT2D eigenvalue weighted by Crippen LogP contribution is 2.24. The van der Waals surface area contributed by atoms with Crippen LogP contribution in [-0.4, -0.2) is 16.5 Å². The van der Waals surface area contributed by atoms with Gasteiger partial charge in [-0.3, -0.25) is 0 Å². The first-order chi connectivity index (χ1) is 7.34. The summed E-state index contributed by atoms with van der Waals surface area (Å²) in [6.45, 7) is 11.7. The lowest BCUT2D eigenvalue weighted by molar-refractivity contribution is 0.487. The molecule has 0 amide bonds. The Morgan fingerprint density at radius 1 is 1.38 bits per heavy atom. The topological polar surface area (TPSA) is 54.7 Å². The standard InChI is InChI=1S/C13H25N3/c1-9(2)6-10(7-14)12-15-8-11(16-12)13(3,4)5/h8-10H,6-7,14H2,1-5H3,(H,15,16). The number of aromatic amines is 1. The lowest BCUT2D eigenvalue weighted by atomic mass is 9.93. The minimum Gasteiger partial charge on any atom is -0.345 e. The Morgan fingerprint density at radius 3 is 2.38 bits per heavy atom. The van der Waals surface area contributed by atoms with Gasteiger partial charge in [-0.25, -0.2) is 4.98 Å². The molecule has 1 rings (SSSR count). The number of nitrogens with zero attached hydrogens (tertiary/aromatic N) is 1. The van der Waals surface area contributed by atoms with Crippen molar-refractivity contribution < 1.29 is 0 Å². The number of aromatic nitrogens is 2. The van der Waals surface area contributed by atoms with E-state index in [2.05, 4.69) is 44.6 Å². The van der Waals surface area contributed by atoms with Crippen molar-refractivity contribution in [1.82, 2.24) is 9.97 Å². The molecule has 1 aromatic rings. The van der Waals surface area contributed by atoms with Crippen LogP contribution in [0.2, 0.25) is 0 Å². The van der Waals surface area contributed by atoms with Crippen LogP contribution in [0.25, 0.3) is 0 Å². The SMILES string of the molecule is CC(C)CC(CN)c1ncc(C(C)(C)C)[nH]1. The second-order valence-corrected chi connectivity index (χ2v) is 5.99. The predicted octanol–water partition coefficient (Wildman–Crippen LogP) is 2.80. The highest BCUT2D eigenvalue weighted by atomic mass is 14.9. The van der Waals surface area contributed by atoms with Crippen molar-refractivity contribution >= 4 is 0 Å². The van der Waals surface area contributed by atoms with Crippen LogP contribution in [0.5, 0.6) is 0 Å². The van der Waals surface area contributed by atoms with E-state index in [1.807, 2.05) is 6.20 Å². The third-order valence-electron chi connectivity index (χ3n) is 2.83. The fourth-order valence-electron chi connectivity index (χ4n) is 1.81. The summed E-state index contributed by atoms with van der Waals surface area (Å²) in [4.78, 5) is 7.89. The third kappa shape index (κ3) is 3.34. The first-order valence-corrected chi connectivity index (χ1v) is 6.10. The van der Waals surface area contributed by atoms with Crippen molar-refractivity contribution in [2.75, 3.05) is 6.54 Å². The molecule has 0 aliphatic heterocycles. The van der Waals surface area contributed by atoms with Crippen molar-refractivity contribution in [3.63, 3.8) is 0 Å². The van der Waals surface area contributed by atoms with Crippen LogP contribution in [0.1, 0.15) is 58.5 Å². The van der Waals surface area contributed by atoms with Crippen LogP contribution in [0, 0.1) is 5.92 Å². The molecule has 1 atom stereocenters. The van der Waals surface area contributed by atoms with E-state index >= 15 is 0 Å². The summed E-state index contributed by atoms with van der Waals surface area (Å²) in [6, 6.07) is 0. The maximum absolute atomic E-state index is 5.81. The molecule has 0 spiro atoms. The average Bonchev–Trinajstić information content (AvgIpc) is 2.61. The normalized spacial score (nSPS) is 14.4. The van der Waals surface area contributed by atoms with E-state index in [0.717, 1.165) is 12.2 Å². The van der Waals surface area contributed by atoms with E-state index in [9.17, 15) is 0 Å². The minimum atomic E-state index is 0.127.